The summed E-state index contributed by atoms with van der Waals surface area (Å²) >= 11 is -2.04. The third kappa shape index (κ3) is 3.55. The van der Waals surface area contributed by atoms with Gasteiger partial charge in [-0.15, -0.1) is 0 Å². The molecule has 3 aliphatic rings. The number of benzene rings is 2. The second kappa shape index (κ2) is 7.74. The van der Waals surface area contributed by atoms with Crippen LogP contribution in [0.2, 0.25) is 0 Å². The van der Waals surface area contributed by atoms with Crippen molar-refractivity contribution in [3.05, 3.63) is 80.7 Å². The SMILES string of the molecule is CC(C)(C)C1=CC[C]([Zr](=[C]2CCCCC2)[CH]2c3ccccc3-c3ccccc32)=C1. The third-order valence-electron chi connectivity index (χ3n) is 7.04. The van der Waals surface area contributed by atoms with Crippen molar-refractivity contribution < 1.29 is 21.3 Å². The zero-order chi connectivity index (χ0) is 20.0. The van der Waals surface area contributed by atoms with Crippen molar-refractivity contribution >= 4 is 3.21 Å². The molecule has 0 aromatic heterocycles. The molecule has 0 nitrogen and oxygen atoms in total. The van der Waals surface area contributed by atoms with Crippen LogP contribution in [0.15, 0.2) is 69.5 Å². The maximum atomic E-state index is 2.65. The second-order valence-corrected chi connectivity index (χ2v) is 16.7. The van der Waals surface area contributed by atoms with E-state index in [4.69, 9.17) is 0 Å². The Morgan fingerprint density at radius 1 is 0.793 bits per heavy atom. The fourth-order valence-electron chi connectivity index (χ4n) is 5.57. The topological polar surface area (TPSA) is 0 Å². The van der Waals surface area contributed by atoms with Gasteiger partial charge in [0.2, 0.25) is 0 Å². The maximum absolute atomic E-state index is 2.65. The molecule has 0 heterocycles. The van der Waals surface area contributed by atoms with E-state index in [9.17, 15) is 0 Å². The van der Waals surface area contributed by atoms with Crippen LogP contribution in [0.4, 0.5) is 0 Å². The van der Waals surface area contributed by atoms with Crippen LogP contribution in [0.1, 0.15) is 74.0 Å². The summed E-state index contributed by atoms with van der Waals surface area (Å²) in [4.78, 5) is 0. The summed E-state index contributed by atoms with van der Waals surface area (Å²) in [6, 6.07) is 18.6. The van der Waals surface area contributed by atoms with Crippen LogP contribution in [-0.4, -0.2) is 3.21 Å². The van der Waals surface area contributed by atoms with E-state index in [2.05, 4.69) is 81.5 Å². The predicted molar refractivity (Wildman–Crippen MR) is 122 cm³/mol. The number of hydrogen-bond donors (Lipinski definition) is 0. The Hall–Kier alpha value is -1.33. The first-order valence-electron chi connectivity index (χ1n) is 11.4. The van der Waals surface area contributed by atoms with Gasteiger partial charge in [0.25, 0.3) is 0 Å². The third-order valence-corrected chi connectivity index (χ3v) is 15.7. The van der Waals surface area contributed by atoms with E-state index in [0.717, 1.165) is 0 Å². The van der Waals surface area contributed by atoms with Gasteiger partial charge in [-0.3, -0.25) is 0 Å². The van der Waals surface area contributed by atoms with Gasteiger partial charge in [0.1, 0.15) is 0 Å². The van der Waals surface area contributed by atoms with Gasteiger partial charge in [-0.05, 0) is 0 Å². The van der Waals surface area contributed by atoms with Gasteiger partial charge < -0.3 is 0 Å². The first-order chi connectivity index (χ1) is 14.0. The predicted octanol–water partition coefficient (Wildman–Crippen LogP) is 7.77. The van der Waals surface area contributed by atoms with Crippen LogP contribution >= 0.6 is 0 Å². The average molecular weight is 460 g/mol. The average Bonchev–Trinajstić information content (AvgIpc) is 3.34. The second-order valence-electron chi connectivity index (χ2n) is 9.97. The first-order valence-corrected chi connectivity index (χ1v) is 15.2. The van der Waals surface area contributed by atoms with E-state index in [-0.39, 0.29) is 5.41 Å². The summed E-state index contributed by atoms with van der Waals surface area (Å²) in [5, 5.41) is 0. The molecule has 0 spiro atoms. The molecule has 0 unspecified atom stereocenters. The molecule has 2 aromatic rings. The molecule has 1 fully saturated rings. The first kappa shape index (κ1) is 19.6. The molecule has 0 saturated heterocycles. The van der Waals surface area contributed by atoms with Crippen LogP contribution in [0, 0.1) is 5.41 Å². The Kier molecular flexibility index (Phi) is 5.23. The van der Waals surface area contributed by atoms with E-state index in [1.807, 2.05) is 6.49 Å². The van der Waals surface area contributed by atoms with Gasteiger partial charge in [0, 0.05) is 0 Å². The van der Waals surface area contributed by atoms with E-state index in [1.54, 1.807) is 16.7 Å². The summed E-state index contributed by atoms with van der Waals surface area (Å²) in [7, 11) is 0. The molecule has 29 heavy (non-hydrogen) atoms. The molecule has 0 atom stereocenters. The number of allylic oxidation sites excluding steroid dienone is 4. The summed E-state index contributed by atoms with van der Waals surface area (Å²) in [6.07, 6.45) is 13.5. The van der Waals surface area contributed by atoms with Crippen LogP contribution < -0.4 is 0 Å². The van der Waals surface area contributed by atoms with Crippen molar-refractivity contribution in [3.8, 4) is 11.1 Å². The fraction of sp³-hybridized carbons (Fsp3) is 0.393. The fourth-order valence-corrected chi connectivity index (χ4v) is 15.1. The van der Waals surface area contributed by atoms with Crippen molar-refractivity contribution in [2.45, 2.75) is 62.9 Å². The molecule has 0 amide bonds. The molecule has 2 aromatic carbocycles. The van der Waals surface area contributed by atoms with Crippen LogP contribution in [0.5, 0.6) is 0 Å². The number of fused-ring (bicyclic) bond motifs is 3. The van der Waals surface area contributed by atoms with Crippen molar-refractivity contribution in [2.24, 2.45) is 5.41 Å². The van der Waals surface area contributed by atoms with Gasteiger partial charge in [0.05, 0.1) is 0 Å². The Balaban J connectivity index is 1.70. The Labute approximate surface area is 183 Å². The minimum atomic E-state index is -2.04. The van der Waals surface area contributed by atoms with Crippen molar-refractivity contribution in [3.63, 3.8) is 0 Å². The van der Waals surface area contributed by atoms with Crippen LogP contribution in [-0.2, 0) is 21.3 Å². The minimum absolute atomic E-state index is 0.263. The summed E-state index contributed by atoms with van der Waals surface area (Å²) < 4.78 is 4.53. The number of hydrogen-bond acceptors (Lipinski definition) is 0. The van der Waals surface area contributed by atoms with Crippen LogP contribution in [0.25, 0.3) is 11.1 Å². The standard InChI is InChI=1S/C13H9.C9H13.C6H10.Zr/c1-3-7-12-10(5-1)9-11-6-2-4-8-13(11)12;1-9(2,3)8-6-4-5-7-8;1-2-4-6-5-3-1;/h1-9H;6-7H,4H2,1-3H3;1-5H2;. The Morgan fingerprint density at radius 2 is 1.38 bits per heavy atom. The molecule has 0 bridgehead atoms. The zero-order valence-corrected chi connectivity index (χ0v) is 20.6. The number of rotatable bonds is 2. The normalized spacial score (nSPS) is 18.9. The quantitative estimate of drug-likeness (QED) is 0.430. The van der Waals surface area contributed by atoms with Crippen LogP contribution in [0.3, 0.4) is 0 Å². The van der Waals surface area contributed by atoms with Gasteiger partial charge in [-0.25, -0.2) is 0 Å². The zero-order valence-electron chi connectivity index (χ0n) is 18.1. The Bertz CT molecular complexity index is 988. The van der Waals surface area contributed by atoms with Crippen molar-refractivity contribution in [2.75, 3.05) is 0 Å². The summed E-state index contributed by atoms with van der Waals surface area (Å²) in [5.74, 6) is 0. The molecular weight excluding hydrogens is 428 g/mol. The van der Waals surface area contributed by atoms with E-state index < -0.39 is 21.3 Å². The molecule has 0 N–H and O–H groups in total. The summed E-state index contributed by atoms with van der Waals surface area (Å²) in [5.41, 5.74) is 8.10. The van der Waals surface area contributed by atoms with E-state index in [1.165, 1.54) is 49.7 Å². The Morgan fingerprint density at radius 3 is 1.93 bits per heavy atom. The summed E-state index contributed by atoms with van der Waals surface area (Å²) in [6.45, 7) is 7.11. The van der Waals surface area contributed by atoms with Crippen molar-refractivity contribution in [1.29, 1.82) is 0 Å². The molecule has 1 heteroatoms. The van der Waals surface area contributed by atoms with Crippen molar-refractivity contribution in [1.82, 2.24) is 0 Å². The molecule has 0 aliphatic heterocycles. The van der Waals surface area contributed by atoms with Gasteiger partial charge in [0.15, 0.2) is 0 Å². The monoisotopic (exact) mass is 458 g/mol. The molecule has 0 radical (unpaired) electrons. The van der Waals surface area contributed by atoms with Gasteiger partial charge >= 0.3 is 185 Å². The molecule has 1 saturated carbocycles. The molecular formula is C28H32Zr. The molecule has 3 aliphatic carbocycles. The molecule has 148 valence electrons. The van der Waals surface area contributed by atoms with E-state index in [0.29, 0.717) is 3.63 Å². The van der Waals surface area contributed by atoms with E-state index >= 15 is 0 Å². The van der Waals surface area contributed by atoms with Gasteiger partial charge in [-0.2, -0.15) is 0 Å². The molecule has 5 rings (SSSR count). The van der Waals surface area contributed by atoms with Gasteiger partial charge in [-0.1, -0.05) is 0 Å².